The van der Waals surface area contributed by atoms with Crippen LogP contribution in [0.5, 0.6) is 11.5 Å². The van der Waals surface area contributed by atoms with E-state index < -0.39 is 0 Å². The zero-order valence-electron chi connectivity index (χ0n) is 16.4. The van der Waals surface area contributed by atoms with E-state index in [0.717, 1.165) is 37.1 Å². The highest BCUT2D eigenvalue weighted by Crippen LogP contribution is 2.29. The van der Waals surface area contributed by atoms with Crippen molar-refractivity contribution >= 4 is 35.6 Å². The highest BCUT2D eigenvalue weighted by atomic mass is 127. The summed E-state index contributed by atoms with van der Waals surface area (Å²) >= 11 is 0. The van der Waals surface area contributed by atoms with Crippen molar-refractivity contribution in [1.82, 2.24) is 10.2 Å². The minimum atomic E-state index is 0. The van der Waals surface area contributed by atoms with Crippen LogP contribution in [-0.2, 0) is 0 Å². The van der Waals surface area contributed by atoms with Gasteiger partial charge in [0.05, 0.1) is 14.2 Å². The maximum absolute atomic E-state index is 5.33. The summed E-state index contributed by atoms with van der Waals surface area (Å²) in [7, 11) is 5.05. The molecular formula is C19H33IN4O2. The Morgan fingerprint density at radius 3 is 2.50 bits per heavy atom. The molecule has 2 rings (SSSR count). The van der Waals surface area contributed by atoms with Crippen molar-refractivity contribution in [3.05, 3.63) is 18.2 Å². The van der Waals surface area contributed by atoms with Gasteiger partial charge in [-0.2, -0.15) is 0 Å². The van der Waals surface area contributed by atoms with Gasteiger partial charge in [0, 0.05) is 25.3 Å². The van der Waals surface area contributed by atoms with Gasteiger partial charge in [0.25, 0.3) is 0 Å². The van der Waals surface area contributed by atoms with E-state index in [1.165, 1.54) is 25.9 Å². The molecule has 0 aromatic heterocycles. The average Bonchev–Trinajstić information content (AvgIpc) is 2.65. The fraction of sp³-hybridized carbons (Fsp3) is 0.632. The lowest BCUT2D eigenvalue weighted by atomic mass is 9.99. The van der Waals surface area contributed by atoms with Crippen LogP contribution in [0, 0.1) is 5.92 Å². The molecule has 1 aliphatic rings. The van der Waals surface area contributed by atoms with Gasteiger partial charge in [-0.25, -0.2) is 0 Å². The lowest BCUT2D eigenvalue weighted by Gasteiger charge is -2.30. The van der Waals surface area contributed by atoms with E-state index in [9.17, 15) is 0 Å². The van der Waals surface area contributed by atoms with Crippen LogP contribution in [-0.4, -0.2) is 58.3 Å². The molecule has 0 atom stereocenters. The van der Waals surface area contributed by atoms with Crippen molar-refractivity contribution in [2.75, 3.05) is 52.8 Å². The van der Waals surface area contributed by atoms with Crippen LogP contribution in [0.15, 0.2) is 23.2 Å². The molecule has 1 aromatic carbocycles. The number of halogens is 1. The third kappa shape index (κ3) is 7.19. The zero-order valence-corrected chi connectivity index (χ0v) is 18.7. The summed E-state index contributed by atoms with van der Waals surface area (Å²) in [6, 6.07) is 5.73. The number of nitrogens with one attached hydrogen (secondary N) is 2. The van der Waals surface area contributed by atoms with E-state index in [2.05, 4.69) is 27.4 Å². The minimum Gasteiger partial charge on any atom is -0.493 e. The maximum atomic E-state index is 5.33. The number of nitrogens with zero attached hydrogens (tertiary/aromatic N) is 2. The molecule has 2 N–H and O–H groups in total. The van der Waals surface area contributed by atoms with Gasteiger partial charge in [-0.15, -0.1) is 24.0 Å². The van der Waals surface area contributed by atoms with Crippen molar-refractivity contribution in [3.8, 4) is 11.5 Å². The molecule has 1 aromatic rings. The normalized spacial score (nSPS) is 15.9. The van der Waals surface area contributed by atoms with Crippen LogP contribution < -0.4 is 20.1 Å². The number of likely N-dealkylation sites (tertiary alicyclic amines) is 1. The number of methoxy groups -OCH3 is 2. The predicted octanol–water partition coefficient (Wildman–Crippen LogP) is 3.43. The Morgan fingerprint density at radius 1 is 1.19 bits per heavy atom. The smallest absolute Gasteiger partial charge is 0.195 e. The van der Waals surface area contributed by atoms with Crippen LogP contribution in [0.2, 0.25) is 0 Å². The van der Waals surface area contributed by atoms with Gasteiger partial charge >= 0.3 is 0 Å². The first kappa shape index (κ1) is 22.8. The van der Waals surface area contributed by atoms with E-state index in [1.54, 1.807) is 21.3 Å². The maximum Gasteiger partial charge on any atom is 0.195 e. The Morgan fingerprint density at radius 2 is 1.88 bits per heavy atom. The first-order valence-corrected chi connectivity index (χ1v) is 9.08. The monoisotopic (exact) mass is 476 g/mol. The van der Waals surface area contributed by atoms with E-state index in [-0.39, 0.29) is 24.0 Å². The fourth-order valence-corrected chi connectivity index (χ4v) is 3.02. The molecule has 0 aliphatic carbocycles. The number of aliphatic imine (C=N–C) groups is 1. The van der Waals surface area contributed by atoms with E-state index >= 15 is 0 Å². The Hall–Kier alpha value is -1.22. The molecule has 1 fully saturated rings. The zero-order chi connectivity index (χ0) is 18.1. The van der Waals surface area contributed by atoms with Crippen LogP contribution >= 0.6 is 24.0 Å². The summed E-state index contributed by atoms with van der Waals surface area (Å²) < 4.78 is 10.6. The summed E-state index contributed by atoms with van der Waals surface area (Å²) in [5, 5.41) is 6.66. The van der Waals surface area contributed by atoms with Crippen molar-refractivity contribution in [2.24, 2.45) is 10.9 Å². The Balaban J connectivity index is 0.00000338. The van der Waals surface area contributed by atoms with Gasteiger partial charge in [-0.05, 0) is 56.9 Å². The predicted molar refractivity (Wildman–Crippen MR) is 119 cm³/mol. The SMILES string of the molecule is CN=C(NCCCN1CCC(C)CC1)Nc1ccc(OC)c(OC)c1.I. The van der Waals surface area contributed by atoms with Gasteiger partial charge in [-0.1, -0.05) is 6.92 Å². The van der Waals surface area contributed by atoms with Crippen LogP contribution in [0.25, 0.3) is 0 Å². The van der Waals surface area contributed by atoms with E-state index in [1.807, 2.05) is 18.2 Å². The Labute approximate surface area is 174 Å². The quantitative estimate of drug-likeness (QED) is 0.273. The third-order valence-corrected chi connectivity index (χ3v) is 4.69. The molecule has 1 aliphatic heterocycles. The molecule has 0 amide bonds. The topological polar surface area (TPSA) is 58.1 Å². The molecule has 6 nitrogen and oxygen atoms in total. The Kier molecular flexibility index (Phi) is 10.7. The van der Waals surface area contributed by atoms with E-state index in [0.29, 0.717) is 11.5 Å². The molecule has 1 heterocycles. The molecule has 0 spiro atoms. The number of anilines is 1. The molecule has 0 bridgehead atoms. The highest BCUT2D eigenvalue weighted by Gasteiger charge is 2.14. The van der Waals surface area contributed by atoms with Crippen molar-refractivity contribution < 1.29 is 9.47 Å². The number of piperidine rings is 1. The molecule has 0 unspecified atom stereocenters. The fourth-order valence-electron chi connectivity index (χ4n) is 3.02. The average molecular weight is 476 g/mol. The lowest BCUT2D eigenvalue weighted by Crippen LogP contribution is -2.36. The van der Waals surface area contributed by atoms with Gasteiger partial charge in [0.2, 0.25) is 0 Å². The lowest BCUT2D eigenvalue weighted by molar-refractivity contribution is 0.191. The van der Waals surface area contributed by atoms with Crippen LogP contribution in [0.1, 0.15) is 26.2 Å². The number of ether oxygens (including phenoxy) is 2. The van der Waals surface area contributed by atoms with Gasteiger partial charge in [0.1, 0.15) is 0 Å². The number of guanidine groups is 1. The summed E-state index contributed by atoms with van der Waals surface area (Å²) in [5.41, 5.74) is 0.913. The van der Waals surface area contributed by atoms with Crippen LogP contribution in [0.3, 0.4) is 0 Å². The molecule has 0 saturated carbocycles. The van der Waals surface area contributed by atoms with Crippen molar-refractivity contribution in [3.63, 3.8) is 0 Å². The summed E-state index contributed by atoms with van der Waals surface area (Å²) in [6.45, 7) is 6.87. The molecule has 0 radical (unpaired) electrons. The largest absolute Gasteiger partial charge is 0.493 e. The molecular weight excluding hydrogens is 443 g/mol. The first-order chi connectivity index (χ1) is 12.2. The Bertz CT molecular complexity index is 560. The highest BCUT2D eigenvalue weighted by molar-refractivity contribution is 14.0. The van der Waals surface area contributed by atoms with Crippen molar-refractivity contribution in [1.29, 1.82) is 0 Å². The number of hydrogen-bond donors (Lipinski definition) is 2. The standard InChI is InChI=1S/C19H32N4O2.HI/c1-15-8-12-23(13-9-15)11-5-10-21-19(20-2)22-16-6-7-17(24-3)18(14-16)25-4;/h6-7,14-15H,5,8-13H2,1-4H3,(H2,20,21,22);1H. The summed E-state index contributed by atoms with van der Waals surface area (Å²) in [6.07, 6.45) is 3.77. The number of rotatable bonds is 7. The second-order valence-corrected chi connectivity index (χ2v) is 6.57. The first-order valence-electron chi connectivity index (χ1n) is 9.08. The third-order valence-electron chi connectivity index (χ3n) is 4.69. The molecule has 148 valence electrons. The van der Waals surface area contributed by atoms with Crippen LogP contribution in [0.4, 0.5) is 5.69 Å². The minimum absolute atomic E-state index is 0. The molecule has 26 heavy (non-hydrogen) atoms. The summed E-state index contributed by atoms with van der Waals surface area (Å²) in [4.78, 5) is 6.85. The molecule has 1 saturated heterocycles. The summed E-state index contributed by atoms with van der Waals surface area (Å²) in [5.74, 6) is 3.06. The van der Waals surface area contributed by atoms with Crippen molar-refractivity contribution in [2.45, 2.75) is 26.2 Å². The number of hydrogen-bond acceptors (Lipinski definition) is 4. The van der Waals surface area contributed by atoms with Gasteiger partial charge in [0.15, 0.2) is 17.5 Å². The van der Waals surface area contributed by atoms with E-state index in [4.69, 9.17) is 9.47 Å². The van der Waals surface area contributed by atoms with Gasteiger partial charge < -0.3 is 25.0 Å². The second kappa shape index (κ2) is 12.2. The second-order valence-electron chi connectivity index (χ2n) is 6.57. The number of benzene rings is 1. The van der Waals surface area contributed by atoms with Gasteiger partial charge in [-0.3, -0.25) is 4.99 Å². The molecule has 7 heteroatoms.